The summed E-state index contributed by atoms with van der Waals surface area (Å²) in [7, 11) is 11.9. The third kappa shape index (κ3) is 10.2. The van der Waals surface area contributed by atoms with E-state index in [1.165, 1.54) is 22.0 Å². The van der Waals surface area contributed by atoms with Gasteiger partial charge in [0.05, 0.1) is 5.30 Å². The van der Waals surface area contributed by atoms with Crippen LogP contribution in [0.5, 0.6) is 0 Å². The summed E-state index contributed by atoms with van der Waals surface area (Å²) in [6, 6.07) is 16.9. The van der Waals surface area contributed by atoms with Crippen LogP contribution in [-0.4, -0.2) is 0 Å². The summed E-state index contributed by atoms with van der Waals surface area (Å²) in [4.78, 5) is 0. The second-order valence-corrected chi connectivity index (χ2v) is 14.4. The molecule has 0 bridgehead atoms. The van der Waals surface area contributed by atoms with Gasteiger partial charge in [-0.15, -0.1) is 0 Å². The van der Waals surface area contributed by atoms with Crippen LogP contribution in [0.15, 0.2) is 48.5 Å². The van der Waals surface area contributed by atoms with Crippen molar-refractivity contribution in [2.24, 2.45) is 0 Å². The summed E-state index contributed by atoms with van der Waals surface area (Å²) in [5, 5.41) is 1.49. The summed E-state index contributed by atoms with van der Waals surface area (Å²) >= 11 is -0.639. The van der Waals surface area contributed by atoms with Gasteiger partial charge in [-0.05, 0) is 32.9 Å². The molecule has 0 spiro atoms. The van der Waals surface area contributed by atoms with Gasteiger partial charge in [-0.1, -0.05) is 111 Å². The van der Waals surface area contributed by atoms with Crippen LogP contribution in [0.25, 0.3) is 0 Å². The molecule has 1 atom stereocenters. The number of benzene rings is 2. The van der Waals surface area contributed by atoms with Gasteiger partial charge in [0.1, 0.15) is 0 Å². The van der Waals surface area contributed by atoms with Gasteiger partial charge in [0.25, 0.3) is 0 Å². The maximum atomic E-state index is 4.90. The predicted molar refractivity (Wildman–Crippen MR) is 131 cm³/mol. The average Bonchev–Trinajstić information content (AvgIpc) is 2.54. The molecule has 0 N–H and O–H groups in total. The second-order valence-electron chi connectivity index (χ2n) is 10.0. The number of rotatable bonds is 0. The zero-order chi connectivity index (χ0) is 22.2. The molecule has 1 unspecified atom stereocenters. The SMILES string of the molecule is CC(C)(C)c1cc(C(C)(C)C)c([PH3+])c(C(C)(C)C)c1.[Cl][Os][Cl].c1ccccc1. The number of hydrogen-bond acceptors (Lipinski definition) is 0. The van der Waals surface area contributed by atoms with Crippen molar-refractivity contribution < 1.29 is 15.4 Å². The molecule has 0 saturated carbocycles. The Morgan fingerprint density at radius 1 is 0.607 bits per heavy atom. The van der Waals surface area contributed by atoms with Crippen molar-refractivity contribution in [1.82, 2.24) is 0 Å². The Bertz CT molecular complexity index is 632. The van der Waals surface area contributed by atoms with Crippen molar-refractivity contribution in [2.45, 2.75) is 78.6 Å². The molecule has 0 saturated heterocycles. The zero-order valence-electron chi connectivity index (χ0n) is 18.9. The fourth-order valence-corrected chi connectivity index (χ4v) is 4.09. The minimum absolute atomic E-state index is 0.205. The normalized spacial score (nSPS) is 12.0. The van der Waals surface area contributed by atoms with Crippen molar-refractivity contribution in [3.63, 3.8) is 0 Å². The minimum Gasteiger partial charge on any atom is -0.0623 e. The van der Waals surface area contributed by atoms with E-state index in [1.54, 1.807) is 0 Å². The van der Waals surface area contributed by atoms with Crippen molar-refractivity contribution in [3.8, 4) is 0 Å². The monoisotopic (exact) mass is 619 g/mol. The molecule has 0 radical (unpaired) electrons. The molecule has 2 rings (SSSR count). The molecule has 0 heterocycles. The summed E-state index contributed by atoms with van der Waals surface area (Å²) in [6.45, 7) is 20.8. The fourth-order valence-electron chi connectivity index (χ4n) is 2.83. The van der Waals surface area contributed by atoms with Crippen LogP contribution < -0.4 is 5.30 Å². The molecular formula is C24H38Cl2OsP+. The molecule has 0 aromatic heterocycles. The largest absolute Gasteiger partial charge is 0.0623 e. The molecule has 0 nitrogen and oxygen atoms in total. The first-order valence-corrected chi connectivity index (χ1v) is 16.5. The van der Waals surface area contributed by atoms with Gasteiger partial charge < -0.3 is 0 Å². The number of halogens is 2. The van der Waals surface area contributed by atoms with Crippen LogP contribution in [0.2, 0.25) is 0 Å². The Morgan fingerprint density at radius 2 is 0.857 bits per heavy atom. The maximum Gasteiger partial charge on any atom is -0.0623 e. The Labute approximate surface area is 192 Å². The van der Waals surface area contributed by atoms with Gasteiger partial charge >= 0.3 is 34.7 Å². The third-order valence-corrected chi connectivity index (χ3v) is 5.16. The quantitative estimate of drug-likeness (QED) is 0.264. The van der Waals surface area contributed by atoms with Crippen molar-refractivity contribution in [3.05, 3.63) is 65.2 Å². The first kappa shape index (κ1) is 28.1. The molecule has 160 valence electrons. The Hall–Kier alpha value is 0.0864. The van der Waals surface area contributed by atoms with E-state index in [9.17, 15) is 0 Å². The first-order chi connectivity index (χ1) is 12.7. The molecule has 0 fully saturated rings. The van der Waals surface area contributed by atoms with Crippen LogP contribution in [0.4, 0.5) is 0 Å². The van der Waals surface area contributed by atoms with Crippen molar-refractivity contribution in [2.75, 3.05) is 0 Å². The first-order valence-electron chi connectivity index (χ1n) is 9.53. The molecule has 0 aliphatic carbocycles. The van der Waals surface area contributed by atoms with Gasteiger partial charge in [0.2, 0.25) is 0 Å². The van der Waals surface area contributed by atoms with E-state index >= 15 is 0 Å². The molecule has 4 heteroatoms. The minimum atomic E-state index is -0.639. The van der Waals surface area contributed by atoms with Crippen LogP contribution >= 0.6 is 28.5 Å². The van der Waals surface area contributed by atoms with E-state index in [0.717, 1.165) is 0 Å². The van der Waals surface area contributed by atoms with Crippen LogP contribution in [0.3, 0.4) is 0 Å². The van der Waals surface area contributed by atoms with Crippen molar-refractivity contribution in [1.29, 1.82) is 0 Å². The maximum absolute atomic E-state index is 4.90. The van der Waals surface area contributed by atoms with E-state index in [-0.39, 0.29) is 16.2 Å². The molecular weight excluding hydrogens is 580 g/mol. The third-order valence-electron chi connectivity index (χ3n) is 4.40. The molecule has 0 amide bonds. The van der Waals surface area contributed by atoms with Gasteiger partial charge in [0.15, 0.2) is 0 Å². The van der Waals surface area contributed by atoms with E-state index in [4.69, 9.17) is 19.3 Å². The van der Waals surface area contributed by atoms with E-state index in [2.05, 4.69) is 83.7 Å². The topological polar surface area (TPSA) is 0 Å². The predicted octanol–water partition coefficient (Wildman–Crippen LogP) is 7.87. The summed E-state index contributed by atoms with van der Waals surface area (Å²) in [5.74, 6) is 0. The standard InChI is InChI=1S/C18H31P.C6H6.2ClH.Os/c1-16(2,3)12-10-13(17(4,5)6)15(19)14(11-12)18(7,8)9;1-2-4-6-5-3-1;;;/h10-11H,19H2,1-9H3;1-6H;2*1H;/q;;;;+2/p-1. The Balaban J connectivity index is 0.000000665. The average molecular weight is 619 g/mol. The van der Waals surface area contributed by atoms with E-state index < -0.39 is 15.4 Å². The molecule has 2 aromatic rings. The van der Waals surface area contributed by atoms with Crippen LogP contribution in [-0.2, 0) is 31.7 Å². The van der Waals surface area contributed by atoms with E-state index in [1.807, 2.05) is 36.4 Å². The van der Waals surface area contributed by atoms with E-state index in [0.29, 0.717) is 0 Å². The zero-order valence-corrected chi connectivity index (χ0v) is 24.4. The summed E-state index contributed by atoms with van der Waals surface area (Å²) in [5.41, 5.74) is 5.08. The van der Waals surface area contributed by atoms with Gasteiger partial charge in [-0.2, -0.15) is 0 Å². The van der Waals surface area contributed by atoms with Crippen LogP contribution in [0.1, 0.15) is 79.0 Å². The molecule has 0 aliphatic rings. The molecule has 0 aliphatic heterocycles. The van der Waals surface area contributed by atoms with Gasteiger partial charge in [-0.25, -0.2) is 0 Å². The van der Waals surface area contributed by atoms with Gasteiger partial charge in [-0.3, -0.25) is 0 Å². The van der Waals surface area contributed by atoms with Gasteiger partial charge in [0, 0.05) is 9.24 Å². The second kappa shape index (κ2) is 12.1. The Morgan fingerprint density at radius 3 is 1.04 bits per heavy atom. The summed E-state index contributed by atoms with van der Waals surface area (Å²) < 4.78 is 0. The van der Waals surface area contributed by atoms with Crippen molar-refractivity contribution >= 4 is 33.8 Å². The van der Waals surface area contributed by atoms with Crippen LogP contribution in [0, 0.1) is 0 Å². The number of hydrogen-bond donors (Lipinski definition) is 0. The smallest absolute Gasteiger partial charge is 0.0623 e. The molecule has 28 heavy (non-hydrogen) atoms. The Kier molecular flexibility index (Phi) is 12.1. The molecule has 2 aromatic carbocycles. The fraction of sp³-hybridized carbons (Fsp3) is 0.500. The summed E-state index contributed by atoms with van der Waals surface area (Å²) in [6.07, 6.45) is 0.